The second kappa shape index (κ2) is 4.28. The molecule has 1 heterocycles. The number of rotatable bonds is 2. The summed E-state index contributed by atoms with van der Waals surface area (Å²) in [7, 11) is 0. The lowest BCUT2D eigenvalue weighted by Crippen LogP contribution is -2.33. The summed E-state index contributed by atoms with van der Waals surface area (Å²) < 4.78 is 5.42. The van der Waals surface area contributed by atoms with Crippen molar-refractivity contribution in [3.8, 4) is 0 Å². The molecular formula is C9H14O3. The Balaban J connectivity index is 2.50. The van der Waals surface area contributed by atoms with E-state index in [1.54, 1.807) is 6.08 Å². The first-order valence-corrected chi connectivity index (χ1v) is 4.03. The quantitative estimate of drug-likeness (QED) is 0.483. The van der Waals surface area contributed by atoms with E-state index in [0.29, 0.717) is 12.8 Å². The van der Waals surface area contributed by atoms with Gasteiger partial charge < -0.3 is 14.9 Å². The van der Waals surface area contributed by atoms with Gasteiger partial charge in [0.15, 0.2) is 0 Å². The van der Waals surface area contributed by atoms with Crippen molar-refractivity contribution >= 4 is 0 Å². The van der Waals surface area contributed by atoms with E-state index in [9.17, 15) is 5.11 Å². The van der Waals surface area contributed by atoms with Crippen molar-refractivity contribution in [2.45, 2.75) is 31.2 Å². The van der Waals surface area contributed by atoms with Crippen LogP contribution in [0.5, 0.6) is 0 Å². The van der Waals surface area contributed by atoms with Gasteiger partial charge in [0.25, 0.3) is 0 Å². The molecule has 0 amide bonds. The van der Waals surface area contributed by atoms with E-state index in [0.717, 1.165) is 6.26 Å². The minimum atomic E-state index is -0.358. The van der Waals surface area contributed by atoms with Crippen LogP contribution in [-0.4, -0.2) is 28.5 Å². The Kier molecular flexibility index (Phi) is 3.31. The van der Waals surface area contributed by atoms with Crippen LogP contribution in [-0.2, 0) is 4.74 Å². The lowest BCUT2D eigenvalue weighted by Gasteiger charge is -2.29. The van der Waals surface area contributed by atoms with Crippen LogP contribution in [0, 0.1) is 0 Å². The Bertz CT molecular complexity index is 177. The van der Waals surface area contributed by atoms with E-state index in [2.05, 4.69) is 6.58 Å². The Hall–Kier alpha value is -0.800. The normalized spacial score (nSPS) is 36.9. The molecule has 1 aliphatic rings. The van der Waals surface area contributed by atoms with Crippen molar-refractivity contribution in [3.05, 3.63) is 25.0 Å². The second-order valence-corrected chi connectivity index (χ2v) is 2.92. The molecule has 68 valence electrons. The first kappa shape index (κ1) is 9.29. The minimum absolute atomic E-state index is 0.102. The molecule has 12 heavy (non-hydrogen) atoms. The summed E-state index contributed by atoms with van der Waals surface area (Å²) in [6.07, 6.45) is 4.63. The molecule has 0 aromatic rings. The summed E-state index contributed by atoms with van der Waals surface area (Å²) in [6.45, 7) is 3.59. The fourth-order valence-corrected chi connectivity index (χ4v) is 1.34. The fraction of sp³-hybridized carbons (Fsp3) is 0.556. The van der Waals surface area contributed by atoms with Crippen LogP contribution in [0.25, 0.3) is 0 Å². The third-order valence-corrected chi connectivity index (χ3v) is 1.92. The Morgan fingerprint density at radius 2 is 2.00 bits per heavy atom. The molecular weight excluding hydrogens is 156 g/mol. The molecule has 0 aromatic carbocycles. The third-order valence-electron chi connectivity index (χ3n) is 1.92. The lowest BCUT2D eigenvalue weighted by molar-refractivity contribution is -0.0553. The fourth-order valence-electron chi connectivity index (χ4n) is 1.34. The molecule has 1 saturated heterocycles. The molecule has 0 unspecified atom stereocenters. The summed E-state index contributed by atoms with van der Waals surface area (Å²) in [5.74, 6) is 0. The molecule has 3 atom stereocenters. The molecule has 0 saturated carbocycles. The standard InChI is InChI=1S/C9H14O3/c1-2-8-5-7(11)6-9(12-8)3-4-10/h2-4,7-11H,1,5-6H2/b4-3-/t7-,8+,9-/m0/s1. The first-order valence-electron chi connectivity index (χ1n) is 4.03. The van der Waals surface area contributed by atoms with Crippen LogP contribution >= 0.6 is 0 Å². The number of aliphatic hydroxyl groups excluding tert-OH is 2. The molecule has 1 aliphatic heterocycles. The molecule has 0 aromatic heterocycles. The summed E-state index contributed by atoms with van der Waals surface area (Å²) >= 11 is 0. The van der Waals surface area contributed by atoms with Gasteiger partial charge in [-0.3, -0.25) is 0 Å². The van der Waals surface area contributed by atoms with Gasteiger partial charge in [-0.25, -0.2) is 0 Å². The van der Waals surface area contributed by atoms with Gasteiger partial charge in [0, 0.05) is 12.8 Å². The van der Waals surface area contributed by atoms with E-state index < -0.39 is 0 Å². The topological polar surface area (TPSA) is 49.7 Å². The largest absolute Gasteiger partial charge is 0.516 e. The molecule has 0 spiro atoms. The van der Waals surface area contributed by atoms with Gasteiger partial charge in [-0.2, -0.15) is 0 Å². The van der Waals surface area contributed by atoms with Crippen LogP contribution in [0.4, 0.5) is 0 Å². The predicted molar refractivity (Wildman–Crippen MR) is 45.9 cm³/mol. The summed E-state index contributed by atoms with van der Waals surface area (Å²) in [5, 5.41) is 17.9. The summed E-state index contributed by atoms with van der Waals surface area (Å²) in [4.78, 5) is 0. The van der Waals surface area contributed by atoms with Crippen molar-refractivity contribution in [3.63, 3.8) is 0 Å². The maximum atomic E-state index is 9.36. The van der Waals surface area contributed by atoms with Gasteiger partial charge in [0.05, 0.1) is 24.6 Å². The first-order chi connectivity index (χ1) is 5.76. The molecule has 3 nitrogen and oxygen atoms in total. The van der Waals surface area contributed by atoms with E-state index in [1.807, 2.05) is 0 Å². The van der Waals surface area contributed by atoms with Crippen LogP contribution in [0.1, 0.15) is 12.8 Å². The van der Waals surface area contributed by atoms with Crippen molar-refractivity contribution in [1.29, 1.82) is 0 Å². The second-order valence-electron chi connectivity index (χ2n) is 2.92. The minimum Gasteiger partial charge on any atom is -0.516 e. The average molecular weight is 170 g/mol. The number of hydrogen-bond donors (Lipinski definition) is 2. The zero-order valence-electron chi connectivity index (χ0n) is 6.89. The van der Waals surface area contributed by atoms with Gasteiger partial charge in [-0.1, -0.05) is 6.08 Å². The molecule has 1 fully saturated rings. The van der Waals surface area contributed by atoms with E-state index in [-0.39, 0.29) is 18.3 Å². The highest BCUT2D eigenvalue weighted by Gasteiger charge is 2.24. The SMILES string of the molecule is C=C[C@@H]1C[C@H](O)C[C@H](/C=C\O)O1. The van der Waals surface area contributed by atoms with Crippen LogP contribution < -0.4 is 0 Å². The van der Waals surface area contributed by atoms with Gasteiger partial charge >= 0.3 is 0 Å². The van der Waals surface area contributed by atoms with Gasteiger partial charge in [0.1, 0.15) is 0 Å². The Morgan fingerprint density at radius 3 is 2.58 bits per heavy atom. The van der Waals surface area contributed by atoms with E-state index >= 15 is 0 Å². The van der Waals surface area contributed by atoms with Crippen molar-refractivity contribution in [2.24, 2.45) is 0 Å². The Morgan fingerprint density at radius 1 is 1.33 bits per heavy atom. The lowest BCUT2D eigenvalue weighted by atomic mass is 10.0. The molecule has 0 aliphatic carbocycles. The van der Waals surface area contributed by atoms with Crippen molar-refractivity contribution < 1.29 is 14.9 Å². The molecule has 0 radical (unpaired) electrons. The zero-order valence-corrected chi connectivity index (χ0v) is 6.89. The zero-order chi connectivity index (χ0) is 8.97. The predicted octanol–water partition coefficient (Wildman–Crippen LogP) is 1.15. The van der Waals surface area contributed by atoms with Gasteiger partial charge in [-0.05, 0) is 6.08 Å². The van der Waals surface area contributed by atoms with Crippen LogP contribution in [0.2, 0.25) is 0 Å². The highest BCUT2D eigenvalue weighted by atomic mass is 16.5. The van der Waals surface area contributed by atoms with E-state index in [4.69, 9.17) is 9.84 Å². The number of aliphatic hydroxyl groups is 2. The van der Waals surface area contributed by atoms with Crippen LogP contribution in [0.3, 0.4) is 0 Å². The van der Waals surface area contributed by atoms with E-state index in [1.165, 1.54) is 6.08 Å². The molecule has 3 heteroatoms. The smallest absolute Gasteiger partial charge is 0.0820 e. The average Bonchev–Trinajstić information content (AvgIpc) is 2.04. The highest BCUT2D eigenvalue weighted by Crippen LogP contribution is 2.20. The van der Waals surface area contributed by atoms with Gasteiger partial charge in [-0.15, -0.1) is 6.58 Å². The third kappa shape index (κ3) is 2.36. The summed E-state index contributed by atoms with van der Waals surface area (Å²) in [6, 6.07) is 0. The van der Waals surface area contributed by atoms with Crippen molar-refractivity contribution in [2.75, 3.05) is 0 Å². The Labute approximate surface area is 72.0 Å². The molecule has 1 rings (SSSR count). The molecule has 0 bridgehead atoms. The molecule has 2 N–H and O–H groups in total. The maximum absolute atomic E-state index is 9.36. The van der Waals surface area contributed by atoms with Gasteiger partial charge in [0.2, 0.25) is 0 Å². The monoisotopic (exact) mass is 170 g/mol. The van der Waals surface area contributed by atoms with Crippen molar-refractivity contribution in [1.82, 2.24) is 0 Å². The highest BCUT2D eigenvalue weighted by molar-refractivity contribution is 4.94. The van der Waals surface area contributed by atoms with Crippen LogP contribution in [0.15, 0.2) is 25.0 Å². The number of hydrogen-bond acceptors (Lipinski definition) is 3. The summed E-state index contributed by atoms with van der Waals surface area (Å²) in [5.41, 5.74) is 0. The maximum Gasteiger partial charge on any atom is 0.0820 e. The number of ether oxygens (including phenoxy) is 1.